The Morgan fingerprint density at radius 1 is 1.53 bits per heavy atom. The number of carbonyl (C=O) groups excluding carboxylic acids is 2. The lowest BCUT2D eigenvalue weighted by molar-refractivity contribution is -0.125. The van der Waals surface area contributed by atoms with E-state index < -0.39 is 18.0 Å². The highest BCUT2D eigenvalue weighted by Crippen LogP contribution is 2.17. The zero-order valence-corrected chi connectivity index (χ0v) is 8.31. The molecule has 0 saturated heterocycles. The summed E-state index contributed by atoms with van der Waals surface area (Å²) in [6, 6.07) is 0. The van der Waals surface area contributed by atoms with Gasteiger partial charge in [-0.05, 0) is 13.8 Å². The summed E-state index contributed by atoms with van der Waals surface area (Å²) < 4.78 is 9.29. The number of aryl methyl sites for hydroxylation is 1. The van der Waals surface area contributed by atoms with Crippen molar-refractivity contribution in [2.75, 3.05) is 5.73 Å². The monoisotopic (exact) mass is 213 g/mol. The number of rotatable bonds is 3. The molecule has 1 aromatic rings. The second-order valence-corrected chi connectivity index (χ2v) is 2.96. The number of ether oxygens (including phenoxy) is 1. The maximum absolute atomic E-state index is 11.5. The summed E-state index contributed by atoms with van der Waals surface area (Å²) in [7, 11) is 0. The number of amides is 1. The predicted molar refractivity (Wildman–Crippen MR) is 49.7 cm³/mol. The van der Waals surface area contributed by atoms with E-state index in [1.54, 1.807) is 0 Å². The van der Waals surface area contributed by atoms with E-state index in [9.17, 15) is 9.59 Å². The Morgan fingerprint density at radius 2 is 2.13 bits per heavy atom. The molecule has 82 valence electrons. The van der Waals surface area contributed by atoms with Gasteiger partial charge in [-0.2, -0.15) is 0 Å². The van der Waals surface area contributed by atoms with Crippen molar-refractivity contribution in [2.45, 2.75) is 20.0 Å². The number of anilines is 1. The standard InChI is InChI=1S/C8H11N3O4/c1-3-5(7(10)15-11-3)8(13)14-4(2)6(9)12/h4H,10H2,1-2H3,(H2,9,12)/t4-/m1/s1. The summed E-state index contributed by atoms with van der Waals surface area (Å²) in [5, 5.41) is 3.47. The number of primary amides is 1. The van der Waals surface area contributed by atoms with Gasteiger partial charge in [0.1, 0.15) is 5.56 Å². The molecule has 7 heteroatoms. The fraction of sp³-hybridized carbons (Fsp3) is 0.375. The van der Waals surface area contributed by atoms with Gasteiger partial charge >= 0.3 is 5.97 Å². The number of hydrogen-bond acceptors (Lipinski definition) is 6. The van der Waals surface area contributed by atoms with Crippen molar-refractivity contribution in [1.29, 1.82) is 0 Å². The molecule has 0 unspecified atom stereocenters. The lowest BCUT2D eigenvalue weighted by Gasteiger charge is -2.08. The van der Waals surface area contributed by atoms with Gasteiger partial charge in [-0.25, -0.2) is 4.79 Å². The molecule has 0 aliphatic carbocycles. The Morgan fingerprint density at radius 3 is 2.53 bits per heavy atom. The molecule has 1 atom stereocenters. The third-order valence-corrected chi connectivity index (χ3v) is 1.78. The van der Waals surface area contributed by atoms with Crippen LogP contribution in [0, 0.1) is 6.92 Å². The summed E-state index contributed by atoms with van der Waals surface area (Å²) in [6.45, 7) is 2.89. The van der Waals surface area contributed by atoms with Crippen LogP contribution in [0.5, 0.6) is 0 Å². The van der Waals surface area contributed by atoms with E-state index >= 15 is 0 Å². The first-order valence-electron chi connectivity index (χ1n) is 4.15. The number of esters is 1. The average molecular weight is 213 g/mol. The number of nitrogens with zero attached hydrogens (tertiary/aromatic N) is 1. The highest BCUT2D eigenvalue weighted by molar-refractivity contribution is 5.96. The molecule has 1 rings (SSSR count). The first-order chi connectivity index (χ1) is 6.93. The SMILES string of the molecule is Cc1noc(N)c1C(=O)O[C@H](C)C(N)=O. The minimum absolute atomic E-state index is 0.0168. The maximum Gasteiger partial charge on any atom is 0.346 e. The first kappa shape index (κ1) is 11.0. The van der Waals surface area contributed by atoms with E-state index in [0.29, 0.717) is 5.69 Å². The van der Waals surface area contributed by atoms with Gasteiger partial charge in [0.15, 0.2) is 6.10 Å². The molecule has 0 radical (unpaired) electrons. The Kier molecular flexibility index (Phi) is 2.93. The zero-order valence-electron chi connectivity index (χ0n) is 8.31. The predicted octanol–water partition coefficient (Wildman–Crippen LogP) is -0.404. The number of carbonyl (C=O) groups is 2. The van der Waals surface area contributed by atoms with Gasteiger partial charge in [0.25, 0.3) is 5.91 Å². The quantitative estimate of drug-likeness (QED) is 0.658. The molecule has 1 heterocycles. The molecule has 0 aliphatic rings. The van der Waals surface area contributed by atoms with Crippen LogP contribution in [0.15, 0.2) is 4.52 Å². The van der Waals surface area contributed by atoms with Crippen molar-refractivity contribution in [3.05, 3.63) is 11.3 Å². The number of nitrogen functional groups attached to an aromatic ring is 1. The first-order valence-corrected chi connectivity index (χ1v) is 4.15. The minimum atomic E-state index is -1.02. The average Bonchev–Trinajstić information content (AvgIpc) is 2.45. The van der Waals surface area contributed by atoms with Crippen molar-refractivity contribution in [3.63, 3.8) is 0 Å². The topological polar surface area (TPSA) is 121 Å². The largest absolute Gasteiger partial charge is 0.449 e. The molecule has 15 heavy (non-hydrogen) atoms. The molecule has 4 N–H and O–H groups in total. The van der Waals surface area contributed by atoms with Crippen molar-refractivity contribution in [1.82, 2.24) is 5.16 Å². The molecular weight excluding hydrogens is 202 g/mol. The Balaban J connectivity index is 2.82. The molecule has 7 nitrogen and oxygen atoms in total. The van der Waals surface area contributed by atoms with Crippen LogP contribution in [0.4, 0.5) is 5.88 Å². The number of aromatic nitrogens is 1. The van der Waals surface area contributed by atoms with Crippen molar-refractivity contribution < 1.29 is 18.8 Å². The van der Waals surface area contributed by atoms with Gasteiger partial charge < -0.3 is 20.7 Å². The number of hydrogen-bond donors (Lipinski definition) is 2. The van der Waals surface area contributed by atoms with Crippen LogP contribution in [0.1, 0.15) is 23.0 Å². The zero-order chi connectivity index (χ0) is 11.6. The molecule has 0 bridgehead atoms. The smallest absolute Gasteiger partial charge is 0.346 e. The van der Waals surface area contributed by atoms with Crippen LogP contribution in [0.3, 0.4) is 0 Å². The lowest BCUT2D eigenvalue weighted by atomic mass is 10.2. The van der Waals surface area contributed by atoms with Gasteiger partial charge in [0.05, 0.1) is 5.69 Å². The third kappa shape index (κ3) is 2.25. The van der Waals surface area contributed by atoms with E-state index in [2.05, 4.69) is 9.68 Å². The maximum atomic E-state index is 11.5. The van der Waals surface area contributed by atoms with Gasteiger partial charge in [0.2, 0.25) is 5.88 Å². The lowest BCUT2D eigenvalue weighted by Crippen LogP contribution is -2.30. The second-order valence-electron chi connectivity index (χ2n) is 2.96. The minimum Gasteiger partial charge on any atom is -0.449 e. The van der Waals surface area contributed by atoms with Crippen molar-refractivity contribution >= 4 is 17.8 Å². The summed E-state index contributed by atoms with van der Waals surface area (Å²) in [5.74, 6) is -1.66. The van der Waals surface area contributed by atoms with E-state index in [1.807, 2.05) is 0 Å². The fourth-order valence-electron chi connectivity index (χ4n) is 0.913. The highest BCUT2D eigenvalue weighted by Gasteiger charge is 2.23. The molecule has 0 aliphatic heterocycles. The van der Waals surface area contributed by atoms with Crippen molar-refractivity contribution in [3.8, 4) is 0 Å². The summed E-state index contributed by atoms with van der Waals surface area (Å²) in [4.78, 5) is 22.1. The normalized spacial score (nSPS) is 12.1. The molecular formula is C8H11N3O4. The molecule has 0 spiro atoms. The van der Waals surface area contributed by atoms with Crippen LogP contribution in [-0.2, 0) is 9.53 Å². The highest BCUT2D eigenvalue weighted by atomic mass is 16.5. The van der Waals surface area contributed by atoms with Gasteiger partial charge in [-0.15, -0.1) is 0 Å². The van der Waals surface area contributed by atoms with E-state index in [0.717, 1.165) is 0 Å². The van der Waals surface area contributed by atoms with E-state index in [-0.39, 0.29) is 11.4 Å². The number of nitrogens with two attached hydrogens (primary N) is 2. The molecule has 0 saturated carbocycles. The van der Waals surface area contributed by atoms with E-state index in [1.165, 1.54) is 13.8 Å². The second kappa shape index (κ2) is 3.99. The summed E-state index contributed by atoms with van der Waals surface area (Å²) in [6.07, 6.45) is -1.02. The van der Waals surface area contributed by atoms with Crippen LogP contribution < -0.4 is 11.5 Å². The molecule has 0 fully saturated rings. The van der Waals surface area contributed by atoms with Crippen LogP contribution >= 0.6 is 0 Å². The third-order valence-electron chi connectivity index (χ3n) is 1.78. The van der Waals surface area contributed by atoms with Crippen LogP contribution in [0.2, 0.25) is 0 Å². The van der Waals surface area contributed by atoms with Crippen LogP contribution in [0.25, 0.3) is 0 Å². The van der Waals surface area contributed by atoms with E-state index in [4.69, 9.17) is 16.2 Å². The Bertz CT molecular complexity index is 379. The van der Waals surface area contributed by atoms with Crippen LogP contribution in [-0.4, -0.2) is 23.1 Å². The fourth-order valence-corrected chi connectivity index (χ4v) is 0.913. The van der Waals surface area contributed by atoms with Gasteiger partial charge in [0, 0.05) is 0 Å². The van der Waals surface area contributed by atoms with Gasteiger partial charge in [-0.3, -0.25) is 4.79 Å². The molecule has 0 aromatic carbocycles. The van der Waals surface area contributed by atoms with Crippen molar-refractivity contribution in [2.24, 2.45) is 5.73 Å². The van der Waals surface area contributed by atoms with Gasteiger partial charge in [-0.1, -0.05) is 5.16 Å². The summed E-state index contributed by atoms with van der Waals surface area (Å²) in [5.41, 5.74) is 10.6. The Labute approximate surface area is 85.3 Å². The summed E-state index contributed by atoms with van der Waals surface area (Å²) >= 11 is 0. The molecule has 1 amide bonds. The Hall–Kier alpha value is -2.05. The molecule has 1 aromatic heterocycles.